The van der Waals surface area contributed by atoms with E-state index in [0.717, 1.165) is 31.6 Å². The monoisotopic (exact) mass is 566 g/mol. The van der Waals surface area contributed by atoms with Gasteiger partial charge in [-0.2, -0.15) is 0 Å². The molecule has 2 fully saturated rings. The average Bonchev–Trinajstić information content (AvgIpc) is 3.22. The first kappa shape index (κ1) is 30.4. The Hall–Kier alpha value is -3.56. The van der Waals surface area contributed by atoms with E-state index in [0.29, 0.717) is 67.1 Å². The second-order valence-electron chi connectivity index (χ2n) is 10.9. The number of ketones is 1. The highest BCUT2D eigenvalue weighted by atomic mass is 16.5. The Kier molecular flexibility index (Phi) is 10.3. The van der Waals surface area contributed by atoms with Crippen LogP contribution >= 0.6 is 0 Å². The summed E-state index contributed by atoms with van der Waals surface area (Å²) in [5, 5.41) is 11.5. The second-order valence-corrected chi connectivity index (χ2v) is 10.9. The summed E-state index contributed by atoms with van der Waals surface area (Å²) in [6.45, 7) is 10.9. The van der Waals surface area contributed by atoms with Crippen LogP contribution in [0.15, 0.2) is 42.0 Å². The van der Waals surface area contributed by atoms with Crippen LogP contribution in [0.4, 0.5) is 0 Å². The summed E-state index contributed by atoms with van der Waals surface area (Å²) in [5.41, 5.74) is 1.93. The number of methoxy groups -OCH3 is 2. The van der Waals surface area contributed by atoms with Crippen molar-refractivity contribution in [3.8, 4) is 17.2 Å². The van der Waals surface area contributed by atoms with Gasteiger partial charge < -0.3 is 29.0 Å². The van der Waals surface area contributed by atoms with Gasteiger partial charge in [-0.1, -0.05) is 19.9 Å². The Bertz CT molecular complexity index is 1270. The normalized spacial score (nSPS) is 19.2. The van der Waals surface area contributed by atoms with Crippen molar-refractivity contribution >= 4 is 17.4 Å². The van der Waals surface area contributed by atoms with E-state index in [1.165, 1.54) is 0 Å². The van der Waals surface area contributed by atoms with E-state index >= 15 is 0 Å². The lowest BCUT2D eigenvalue weighted by molar-refractivity contribution is -0.140. The number of aliphatic hydroxyl groups excluding tert-OH is 1. The molecule has 0 bridgehead atoms. The van der Waals surface area contributed by atoms with Crippen LogP contribution < -0.4 is 14.2 Å². The number of nitrogens with zero attached hydrogens (tertiary/aromatic N) is 2. The van der Waals surface area contributed by atoms with E-state index in [4.69, 9.17) is 18.9 Å². The number of hydrogen-bond donors (Lipinski definition) is 1. The number of ether oxygens (including phenoxy) is 4. The van der Waals surface area contributed by atoms with Crippen LogP contribution in [0, 0.1) is 12.8 Å². The van der Waals surface area contributed by atoms with Gasteiger partial charge in [0.2, 0.25) is 0 Å². The number of likely N-dealkylation sites (tertiary alicyclic amines) is 1. The topological polar surface area (TPSA) is 97.8 Å². The summed E-state index contributed by atoms with van der Waals surface area (Å²) < 4.78 is 22.4. The van der Waals surface area contributed by atoms with Crippen LogP contribution in [0.25, 0.3) is 5.76 Å². The smallest absolute Gasteiger partial charge is 0.295 e. The van der Waals surface area contributed by atoms with Crippen LogP contribution in [0.2, 0.25) is 0 Å². The van der Waals surface area contributed by atoms with Crippen LogP contribution in [0.3, 0.4) is 0 Å². The highest BCUT2D eigenvalue weighted by Gasteiger charge is 2.46. The van der Waals surface area contributed by atoms with E-state index in [-0.39, 0.29) is 11.3 Å². The Morgan fingerprint density at radius 3 is 2.44 bits per heavy atom. The number of amides is 1. The van der Waals surface area contributed by atoms with Crippen molar-refractivity contribution in [3.63, 3.8) is 0 Å². The molecule has 9 nitrogen and oxygen atoms in total. The Morgan fingerprint density at radius 1 is 1.02 bits per heavy atom. The molecule has 0 aliphatic carbocycles. The van der Waals surface area contributed by atoms with Crippen LogP contribution in [0.5, 0.6) is 17.2 Å². The van der Waals surface area contributed by atoms with E-state index in [1.807, 2.05) is 13.0 Å². The van der Waals surface area contributed by atoms with Gasteiger partial charge in [0.25, 0.3) is 11.7 Å². The molecule has 4 rings (SSSR count). The third kappa shape index (κ3) is 7.02. The van der Waals surface area contributed by atoms with Gasteiger partial charge in [-0.15, -0.1) is 0 Å². The van der Waals surface area contributed by atoms with Crippen LogP contribution in [-0.2, 0) is 14.3 Å². The highest BCUT2D eigenvalue weighted by molar-refractivity contribution is 6.46. The van der Waals surface area contributed by atoms with Gasteiger partial charge in [0.05, 0.1) is 45.7 Å². The van der Waals surface area contributed by atoms with Crippen molar-refractivity contribution in [2.45, 2.75) is 39.7 Å². The predicted octanol–water partition coefficient (Wildman–Crippen LogP) is 4.58. The van der Waals surface area contributed by atoms with Crippen molar-refractivity contribution in [2.24, 2.45) is 5.92 Å². The molecule has 1 unspecified atom stereocenters. The van der Waals surface area contributed by atoms with Crippen molar-refractivity contribution in [2.75, 3.05) is 60.2 Å². The molecular formula is C32H42N2O7. The molecule has 0 radical (unpaired) electrons. The maximum Gasteiger partial charge on any atom is 0.295 e. The average molecular weight is 567 g/mol. The summed E-state index contributed by atoms with van der Waals surface area (Å²) >= 11 is 0. The predicted molar refractivity (Wildman–Crippen MR) is 157 cm³/mol. The Balaban J connectivity index is 1.71. The molecule has 222 valence electrons. The standard InChI is InChI=1S/C32H42N2O7/c1-21(2)11-16-41-26-10-7-23(20-27(26)39-5)29-28(30(35)25-9-8-24(38-4)19-22(25)3)31(36)32(37)34(29)13-6-12-33-14-17-40-18-15-33/h7-10,19-21,29,35H,6,11-18H2,1-5H3. The molecule has 0 saturated carbocycles. The van der Waals surface area contributed by atoms with Gasteiger partial charge in [-0.3, -0.25) is 14.5 Å². The quantitative estimate of drug-likeness (QED) is 0.227. The lowest BCUT2D eigenvalue weighted by Crippen LogP contribution is -2.39. The van der Waals surface area contributed by atoms with Gasteiger partial charge in [-0.25, -0.2) is 0 Å². The summed E-state index contributed by atoms with van der Waals surface area (Å²) in [4.78, 5) is 30.8. The molecule has 0 spiro atoms. The van der Waals surface area contributed by atoms with Gasteiger partial charge in [0.15, 0.2) is 11.5 Å². The molecule has 9 heteroatoms. The number of morpholine rings is 1. The van der Waals surface area contributed by atoms with Crippen LogP contribution in [0.1, 0.15) is 49.4 Å². The number of benzene rings is 2. The number of aryl methyl sites for hydroxylation is 1. The minimum atomic E-state index is -0.778. The fraction of sp³-hybridized carbons (Fsp3) is 0.500. The zero-order valence-corrected chi connectivity index (χ0v) is 24.8. The van der Waals surface area contributed by atoms with Crippen molar-refractivity contribution in [1.82, 2.24) is 9.80 Å². The lowest BCUT2D eigenvalue weighted by Gasteiger charge is -2.29. The fourth-order valence-electron chi connectivity index (χ4n) is 5.30. The second kappa shape index (κ2) is 13.9. The highest BCUT2D eigenvalue weighted by Crippen LogP contribution is 2.42. The molecule has 1 N–H and O–H groups in total. The maximum absolute atomic E-state index is 13.5. The van der Waals surface area contributed by atoms with E-state index < -0.39 is 17.7 Å². The number of Topliss-reactive ketones (excluding diaryl/α,β-unsaturated/α-hetero) is 1. The van der Waals surface area contributed by atoms with Gasteiger partial charge >= 0.3 is 0 Å². The van der Waals surface area contributed by atoms with Gasteiger partial charge in [0, 0.05) is 31.7 Å². The first-order chi connectivity index (χ1) is 19.7. The molecule has 41 heavy (non-hydrogen) atoms. The number of aliphatic hydroxyl groups is 1. The molecule has 2 heterocycles. The first-order valence-electron chi connectivity index (χ1n) is 14.3. The largest absolute Gasteiger partial charge is 0.507 e. The van der Waals surface area contributed by atoms with Crippen molar-refractivity contribution in [3.05, 3.63) is 58.7 Å². The minimum Gasteiger partial charge on any atom is -0.507 e. The lowest BCUT2D eigenvalue weighted by atomic mass is 9.93. The van der Waals surface area contributed by atoms with Gasteiger partial charge in [0.1, 0.15) is 11.5 Å². The number of rotatable bonds is 12. The number of hydrogen-bond acceptors (Lipinski definition) is 8. The van der Waals surface area contributed by atoms with E-state index in [9.17, 15) is 14.7 Å². The summed E-state index contributed by atoms with van der Waals surface area (Å²) in [5.74, 6) is 0.695. The molecule has 2 aromatic rings. The molecule has 2 aromatic carbocycles. The molecule has 1 atom stereocenters. The zero-order chi connectivity index (χ0) is 29.5. The summed E-state index contributed by atoms with van der Waals surface area (Å²) in [6.07, 6.45) is 1.58. The van der Waals surface area contributed by atoms with Gasteiger partial charge in [-0.05, 0) is 67.1 Å². The third-order valence-corrected chi connectivity index (χ3v) is 7.66. The first-order valence-corrected chi connectivity index (χ1v) is 14.3. The molecular weight excluding hydrogens is 524 g/mol. The molecule has 0 aromatic heterocycles. The van der Waals surface area contributed by atoms with E-state index in [1.54, 1.807) is 49.5 Å². The fourth-order valence-corrected chi connectivity index (χ4v) is 5.30. The van der Waals surface area contributed by atoms with E-state index in [2.05, 4.69) is 18.7 Å². The Morgan fingerprint density at radius 2 is 1.78 bits per heavy atom. The Labute approximate surface area is 242 Å². The third-order valence-electron chi connectivity index (χ3n) is 7.66. The molecule has 2 aliphatic heterocycles. The molecule has 2 saturated heterocycles. The minimum absolute atomic E-state index is 0.0603. The van der Waals surface area contributed by atoms with Crippen molar-refractivity contribution in [1.29, 1.82) is 0 Å². The maximum atomic E-state index is 13.5. The molecule has 2 aliphatic rings. The summed E-state index contributed by atoms with van der Waals surface area (Å²) in [7, 11) is 3.13. The van der Waals surface area contributed by atoms with Crippen LogP contribution in [-0.4, -0.2) is 86.8 Å². The number of carbonyl (C=O) groups is 2. The zero-order valence-electron chi connectivity index (χ0n) is 24.8. The summed E-state index contributed by atoms with van der Waals surface area (Å²) in [6, 6.07) is 9.88. The number of carbonyl (C=O) groups excluding carboxylic acids is 2. The molecule has 1 amide bonds. The van der Waals surface area contributed by atoms with Crippen molar-refractivity contribution < 1.29 is 33.6 Å². The SMILES string of the molecule is COc1ccc(C(O)=C2C(=O)C(=O)N(CCCN3CCOCC3)C2c2ccc(OCCC(C)C)c(OC)c2)c(C)c1.